The van der Waals surface area contributed by atoms with Gasteiger partial charge in [0.2, 0.25) is 5.91 Å². The zero-order chi connectivity index (χ0) is 26.5. The summed E-state index contributed by atoms with van der Waals surface area (Å²) in [7, 11) is 1.69. The number of likely N-dealkylation sites (tertiary alicyclic amines) is 1. The van der Waals surface area contributed by atoms with Crippen LogP contribution in [0.15, 0.2) is 41.8 Å². The maximum Gasteiger partial charge on any atom is 0.264 e. The van der Waals surface area contributed by atoms with Gasteiger partial charge in [-0.2, -0.15) is 0 Å². The minimum absolute atomic E-state index is 0.000693. The Balaban J connectivity index is 1.28. The number of nitrogens with one attached hydrogen (secondary N) is 1. The van der Waals surface area contributed by atoms with Crippen molar-refractivity contribution >= 4 is 23.2 Å². The first-order chi connectivity index (χ1) is 18.6. The number of nitrogens with zero attached hydrogens (tertiary/aromatic N) is 2. The van der Waals surface area contributed by atoms with Gasteiger partial charge < -0.3 is 20.7 Å². The van der Waals surface area contributed by atoms with Gasteiger partial charge in [-0.3, -0.25) is 14.5 Å². The largest absolute Gasteiger partial charge is 0.497 e. The summed E-state index contributed by atoms with van der Waals surface area (Å²) in [5, 5.41) is 5.19. The van der Waals surface area contributed by atoms with E-state index in [0.717, 1.165) is 50.9 Å². The average molecular weight is 539 g/mol. The van der Waals surface area contributed by atoms with Crippen LogP contribution < -0.4 is 15.8 Å². The van der Waals surface area contributed by atoms with Crippen LogP contribution in [0.4, 0.5) is 0 Å². The molecular weight excluding hydrogens is 496 g/mol. The van der Waals surface area contributed by atoms with E-state index in [1.54, 1.807) is 7.11 Å². The zero-order valence-electron chi connectivity index (χ0n) is 22.5. The lowest BCUT2D eigenvalue weighted by Crippen LogP contribution is -2.57. The van der Waals surface area contributed by atoms with Crippen LogP contribution in [0.3, 0.4) is 0 Å². The van der Waals surface area contributed by atoms with E-state index in [1.165, 1.54) is 29.7 Å². The van der Waals surface area contributed by atoms with Crippen molar-refractivity contribution in [2.24, 2.45) is 17.6 Å². The van der Waals surface area contributed by atoms with Crippen molar-refractivity contribution in [3.8, 4) is 5.75 Å². The molecule has 3 N–H and O–H groups in total. The Labute approximate surface area is 230 Å². The molecule has 1 aliphatic heterocycles. The molecule has 3 aliphatic rings. The Hall–Kier alpha value is -2.42. The SMILES string of the molecule is COc1ccc(CN(C2CC2)C2CCN(C(=O)c3cccs3)[C@@H](C(=O)NCC3CCC(CN)CC3)C2)cc1. The maximum atomic E-state index is 13.7. The Kier molecular flexibility index (Phi) is 9.02. The third kappa shape index (κ3) is 6.58. The Morgan fingerprint density at radius 2 is 1.76 bits per heavy atom. The molecule has 2 heterocycles. The number of thiophene rings is 1. The predicted molar refractivity (Wildman–Crippen MR) is 151 cm³/mol. The number of amides is 2. The minimum atomic E-state index is -0.444. The summed E-state index contributed by atoms with van der Waals surface area (Å²) in [4.78, 5) is 32.2. The van der Waals surface area contributed by atoms with E-state index >= 15 is 0 Å². The fraction of sp³-hybridized carbons (Fsp3) is 0.600. The molecule has 3 fully saturated rings. The fourth-order valence-corrected chi connectivity index (χ4v) is 6.90. The summed E-state index contributed by atoms with van der Waals surface area (Å²) >= 11 is 1.45. The maximum absolute atomic E-state index is 13.7. The molecule has 0 radical (unpaired) electrons. The van der Waals surface area contributed by atoms with Gasteiger partial charge in [0.25, 0.3) is 5.91 Å². The van der Waals surface area contributed by atoms with E-state index in [4.69, 9.17) is 10.5 Å². The number of piperidine rings is 1. The smallest absolute Gasteiger partial charge is 0.264 e. The topological polar surface area (TPSA) is 87.9 Å². The third-order valence-corrected chi connectivity index (χ3v) is 9.60. The van der Waals surface area contributed by atoms with Gasteiger partial charge in [-0.1, -0.05) is 18.2 Å². The second kappa shape index (κ2) is 12.6. The Morgan fingerprint density at radius 1 is 1.03 bits per heavy atom. The molecule has 38 heavy (non-hydrogen) atoms. The van der Waals surface area contributed by atoms with Crippen molar-refractivity contribution in [2.75, 3.05) is 26.7 Å². The number of hydrogen-bond donors (Lipinski definition) is 2. The molecule has 1 saturated heterocycles. The van der Waals surface area contributed by atoms with Gasteiger partial charge in [0, 0.05) is 31.7 Å². The standard InChI is InChI=1S/C30H42N4O3S/c1-37-26-12-8-23(9-13-26)20-34(24-10-11-24)25-14-15-33(30(36)28-3-2-16-38-28)27(17-25)29(35)32-19-22-6-4-21(18-31)5-7-22/h2-3,8-9,12-13,16,21-22,24-25,27H,4-7,10-11,14-15,17-20,31H2,1H3,(H,32,35)/t21?,22?,25?,27-/m1/s1. The van der Waals surface area contributed by atoms with E-state index in [1.807, 2.05) is 34.5 Å². The molecule has 206 valence electrons. The van der Waals surface area contributed by atoms with Crippen LogP contribution in [-0.4, -0.2) is 66.5 Å². The monoisotopic (exact) mass is 538 g/mol. The summed E-state index contributed by atoms with van der Waals surface area (Å²) < 4.78 is 5.33. The molecule has 1 unspecified atom stereocenters. The first-order valence-electron chi connectivity index (χ1n) is 14.3. The molecule has 2 amide bonds. The third-order valence-electron chi connectivity index (χ3n) is 8.74. The molecule has 7 nitrogen and oxygen atoms in total. The van der Waals surface area contributed by atoms with E-state index in [-0.39, 0.29) is 17.9 Å². The lowest BCUT2D eigenvalue weighted by molar-refractivity contribution is -0.128. The van der Waals surface area contributed by atoms with Crippen molar-refractivity contribution in [1.82, 2.24) is 15.1 Å². The minimum Gasteiger partial charge on any atom is -0.497 e. The molecule has 2 aliphatic carbocycles. The highest BCUT2D eigenvalue weighted by molar-refractivity contribution is 7.12. The average Bonchev–Trinajstić information content (AvgIpc) is 3.66. The van der Waals surface area contributed by atoms with E-state index in [9.17, 15) is 9.59 Å². The number of methoxy groups -OCH3 is 1. The van der Waals surface area contributed by atoms with Crippen LogP contribution in [-0.2, 0) is 11.3 Å². The summed E-state index contributed by atoms with van der Waals surface area (Å²) in [5.74, 6) is 1.97. The molecule has 1 aromatic heterocycles. The summed E-state index contributed by atoms with van der Waals surface area (Å²) in [5.41, 5.74) is 7.11. The molecule has 2 saturated carbocycles. The molecule has 8 heteroatoms. The summed E-state index contributed by atoms with van der Waals surface area (Å²) in [6.45, 7) is 2.91. The predicted octanol–water partition coefficient (Wildman–Crippen LogP) is 4.28. The van der Waals surface area contributed by atoms with Crippen molar-refractivity contribution < 1.29 is 14.3 Å². The highest BCUT2D eigenvalue weighted by atomic mass is 32.1. The Bertz CT molecular complexity index is 1050. The first-order valence-corrected chi connectivity index (χ1v) is 15.1. The molecule has 2 atom stereocenters. The van der Waals surface area contributed by atoms with Crippen LogP contribution in [0.25, 0.3) is 0 Å². The van der Waals surface area contributed by atoms with Gasteiger partial charge in [-0.05, 0) is 98.9 Å². The van der Waals surface area contributed by atoms with Gasteiger partial charge in [0.1, 0.15) is 11.8 Å². The molecule has 0 bridgehead atoms. The van der Waals surface area contributed by atoms with Crippen LogP contribution in [0.5, 0.6) is 5.75 Å². The van der Waals surface area contributed by atoms with Crippen LogP contribution in [0.1, 0.15) is 66.6 Å². The number of ether oxygens (including phenoxy) is 1. The van der Waals surface area contributed by atoms with E-state index in [0.29, 0.717) is 42.3 Å². The van der Waals surface area contributed by atoms with Gasteiger partial charge in [0.15, 0.2) is 0 Å². The number of carbonyl (C=O) groups is 2. The van der Waals surface area contributed by atoms with E-state index < -0.39 is 6.04 Å². The second-order valence-electron chi connectivity index (χ2n) is 11.3. The number of benzene rings is 1. The second-order valence-corrected chi connectivity index (χ2v) is 12.2. The van der Waals surface area contributed by atoms with Crippen molar-refractivity contribution in [2.45, 2.75) is 76.0 Å². The molecule has 2 aromatic rings. The summed E-state index contributed by atoms with van der Waals surface area (Å²) in [6, 6.07) is 12.4. The molecular formula is C30H42N4O3S. The number of carbonyl (C=O) groups excluding carboxylic acids is 2. The van der Waals surface area contributed by atoms with Crippen molar-refractivity contribution in [3.63, 3.8) is 0 Å². The van der Waals surface area contributed by atoms with E-state index in [2.05, 4.69) is 22.3 Å². The fourth-order valence-electron chi connectivity index (χ4n) is 6.22. The number of nitrogens with two attached hydrogens (primary N) is 1. The van der Waals surface area contributed by atoms with Crippen LogP contribution in [0, 0.1) is 11.8 Å². The highest BCUT2D eigenvalue weighted by Gasteiger charge is 2.42. The Morgan fingerprint density at radius 3 is 2.39 bits per heavy atom. The van der Waals surface area contributed by atoms with Gasteiger partial charge in [-0.25, -0.2) is 0 Å². The highest BCUT2D eigenvalue weighted by Crippen LogP contribution is 2.35. The molecule has 5 rings (SSSR count). The number of hydrogen-bond acceptors (Lipinski definition) is 6. The first kappa shape index (κ1) is 27.2. The lowest BCUT2D eigenvalue weighted by Gasteiger charge is -2.43. The van der Waals surface area contributed by atoms with Gasteiger partial charge in [0.05, 0.1) is 12.0 Å². The lowest BCUT2D eigenvalue weighted by atomic mass is 9.82. The van der Waals surface area contributed by atoms with Gasteiger partial charge in [-0.15, -0.1) is 11.3 Å². The summed E-state index contributed by atoms with van der Waals surface area (Å²) in [6.07, 6.45) is 8.49. The quantitative estimate of drug-likeness (QED) is 0.472. The number of rotatable bonds is 10. The van der Waals surface area contributed by atoms with Crippen LogP contribution >= 0.6 is 11.3 Å². The zero-order valence-corrected chi connectivity index (χ0v) is 23.3. The van der Waals surface area contributed by atoms with Crippen molar-refractivity contribution in [1.29, 1.82) is 0 Å². The van der Waals surface area contributed by atoms with Crippen molar-refractivity contribution in [3.05, 3.63) is 52.2 Å². The van der Waals surface area contributed by atoms with Crippen LogP contribution in [0.2, 0.25) is 0 Å². The normalized spacial score (nSPS) is 25.8. The molecule has 1 aromatic carbocycles. The molecule has 0 spiro atoms. The van der Waals surface area contributed by atoms with Gasteiger partial charge >= 0.3 is 0 Å².